The average Bonchev–Trinajstić information content (AvgIpc) is 2.39. The minimum Gasteiger partial charge on any atom is -0.0654 e. The van der Waals surface area contributed by atoms with E-state index >= 15 is 0 Å². The molecule has 114 valence electrons. The second-order valence-electron chi connectivity index (χ2n) is 5.12. The largest absolute Gasteiger partial charge is 0.0654 e. The van der Waals surface area contributed by atoms with E-state index in [-0.39, 0.29) is 0 Å². The molecule has 0 aliphatic carbocycles. The van der Waals surface area contributed by atoms with Gasteiger partial charge >= 0.3 is 0 Å². The molecule has 0 nitrogen and oxygen atoms in total. The Morgan fingerprint density at radius 3 is 0.667 bits per heavy atom. The lowest BCUT2D eigenvalue weighted by Gasteiger charge is -1.90. The predicted molar refractivity (Wildman–Crippen MR) is 89.4 cm³/mol. The Labute approximate surface area is 119 Å². The van der Waals surface area contributed by atoms with Gasteiger partial charge in [0.1, 0.15) is 0 Å². The van der Waals surface area contributed by atoms with Gasteiger partial charge in [-0.3, -0.25) is 0 Å². The minimum atomic E-state index is 1.34. The fourth-order valence-corrected chi connectivity index (χ4v) is 1.53. The highest BCUT2D eigenvalue weighted by molar-refractivity contribution is 4.36. The summed E-state index contributed by atoms with van der Waals surface area (Å²) in [4.78, 5) is 0. The van der Waals surface area contributed by atoms with Gasteiger partial charge in [-0.25, -0.2) is 0 Å². The van der Waals surface area contributed by atoms with Gasteiger partial charge in [-0.1, -0.05) is 119 Å². The van der Waals surface area contributed by atoms with Gasteiger partial charge in [0.05, 0.1) is 0 Å². The number of rotatable bonds is 9. The number of hydrogen-bond donors (Lipinski definition) is 0. The molecule has 18 heavy (non-hydrogen) atoms. The van der Waals surface area contributed by atoms with Crippen LogP contribution in [-0.4, -0.2) is 0 Å². The Kier molecular flexibility index (Phi) is 38.8. The summed E-state index contributed by atoms with van der Waals surface area (Å²) in [5.41, 5.74) is 0. The summed E-state index contributed by atoms with van der Waals surface area (Å²) < 4.78 is 0. The van der Waals surface area contributed by atoms with Crippen molar-refractivity contribution in [1.82, 2.24) is 0 Å². The molecular weight excluding hydrogens is 216 g/mol. The third kappa shape index (κ3) is 44.4. The molecule has 0 aromatic heterocycles. The average molecular weight is 259 g/mol. The van der Waals surface area contributed by atoms with Crippen LogP contribution in [0.3, 0.4) is 0 Å². The lowest BCUT2D eigenvalue weighted by Crippen LogP contribution is -1.70. The normalized spacial score (nSPS) is 9.00. The van der Waals surface area contributed by atoms with Crippen molar-refractivity contribution in [3.05, 3.63) is 0 Å². The molecule has 0 saturated heterocycles. The van der Waals surface area contributed by atoms with E-state index in [1.54, 1.807) is 0 Å². The maximum Gasteiger partial charge on any atom is -0.0533 e. The molecule has 0 heterocycles. The molecule has 0 rings (SSSR count). The molecule has 0 aliphatic heterocycles. The Morgan fingerprint density at radius 1 is 0.278 bits per heavy atom. The summed E-state index contributed by atoms with van der Waals surface area (Å²) in [5, 5.41) is 0. The van der Waals surface area contributed by atoms with Crippen molar-refractivity contribution < 1.29 is 0 Å². The first-order chi connectivity index (χ1) is 8.74. The molecular formula is C18H42. The molecule has 0 aromatic rings. The monoisotopic (exact) mass is 258 g/mol. The van der Waals surface area contributed by atoms with E-state index in [4.69, 9.17) is 0 Å². The third-order valence-electron chi connectivity index (χ3n) is 2.87. The van der Waals surface area contributed by atoms with Crippen LogP contribution < -0.4 is 0 Å². The zero-order chi connectivity index (χ0) is 14.5. The predicted octanol–water partition coefficient (Wildman–Crippen LogP) is 7.76. The fraction of sp³-hybridized carbons (Fsp3) is 1.00. The molecule has 0 unspecified atom stereocenters. The molecule has 0 amide bonds. The van der Waals surface area contributed by atoms with Gasteiger partial charge in [-0.2, -0.15) is 0 Å². The van der Waals surface area contributed by atoms with Crippen molar-refractivity contribution in [2.24, 2.45) is 0 Å². The van der Waals surface area contributed by atoms with Gasteiger partial charge in [0.25, 0.3) is 0 Å². The Bertz CT molecular complexity index is 76.0. The first-order valence-electron chi connectivity index (χ1n) is 8.74. The van der Waals surface area contributed by atoms with Crippen molar-refractivity contribution in [3.8, 4) is 0 Å². The Morgan fingerprint density at radius 2 is 0.500 bits per heavy atom. The van der Waals surface area contributed by atoms with Crippen LogP contribution in [-0.2, 0) is 0 Å². The standard InChI is InChI=1S/C7H16.C6H14.C5H12/c1-3-5-7-6-4-2;1-3-5-6-4-2;1-3-5-4-2/h3-7H2,1-2H3;3-6H2,1-2H3;3-5H2,1-2H3. The van der Waals surface area contributed by atoms with Crippen LogP contribution in [0.15, 0.2) is 0 Å². The summed E-state index contributed by atoms with van der Waals surface area (Å²) in [6.07, 6.45) is 16.6. The summed E-state index contributed by atoms with van der Waals surface area (Å²) in [6.45, 7) is 13.4. The van der Waals surface area contributed by atoms with E-state index in [1.165, 1.54) is 77.0 Å². The van der Waals surface area contributed by atoms with Gasteiger partial charge in [-0.15, -0.1) is 0 Å². The molecule has 0 heteroatoms. The zero-order valence-corrected chi connectivity index (χ0v) is 14.5. The Balaban J connectivity index is -0.000000190. The van der Waals surface area contributed by atoms with E-state index in [2.05, 4.69) is 41.5 Å². The fourth-order valence-electron chi connectivity index (χ4n) is 1.53. The lowest BCUT2D eigenvalue weighted by atomic mass is 10.2. The highest BCUT2D eigenvalue weighted by Gasteiger charge is 1.80. The lowest BCUT2D eigenvalue weighted by molar-refractivity contribution is 0.656. The minimum absolute atomic E-state index is 1.34. The highest BCUT2D eigenvalue weighted by atomic mass is 13.9. The van der Waals surface area contributed by atoms with E-state index in [9.17, 15) is 0 Å². The van der Waals surface area contributed by atoms with Crippen molar-refractivity contribution in [2.45, 2.75) is 119 Å². The van der Waals surface area contributed by atoms with Gasteiger partial charge < -0.3 is 0 Å². The van der Waals surface area contributed by atoms with Crippen molar-refractivity contribution in [1.29, 1.82) is 0 Å². The van der Waals surface area contributed by atoms with Crippen LogP contribution in [0.2, 0.25) is 0 Å². The summed E-state index contributed by atoms with van der Waals surface area (Å²) in [5.74, 6) is 0. The molecule has 0 fully saturated rings. The van der Waals surface area contributed by atoms with E-state index in [0.29, 0.717) is 0 Å². The molecule has 0 spiro atoms. The molecule has 0 atom stereocenters. The second-order valence-corrected chi connectivity index (χ2v) is 5.12. The van der Waals surface area contributed by atoms with Crippen molar-refractivity contribution >= 4 is 0 Å². The summed E-state index contributed by atoms with van der Waals surface area (Å²) in [6, 6.07) is 0. The van der Waals surface area contributed by atoms with Crippen LogP contribution in [0.4, 0.5) is 0 Å². The third-order valence-corrected chi connectivity index (χ3v) is 2.87. The van der Waals surface area contributed by atoms with E-state index in [0.717, 1.165) is 0 Å². The van der Waals surface area contributed by atoms with Gasteiger partial charge in [0.2, 0.25) is 0 Å². The van der Waals surface area contributed by atoms with Crippen LogP contribution in [0.1, 0.15) is 119 Å². The van der Waals surface area contributed by atoms with Crippen LogP contribution >= 0.6 is 0 Å². The van der Waals surface area contributed by atoms with Crippen molar-refractivity contribution in [3.63, 3.8) is 0 Å². The Hall–Kier alpha value is 0. The zero-order valence-electron chi connectivity index (χ0n) is 14.5. The van der Waals surface area contributed by atoms with Gasteiger partial charge in [0, 0.05) is 0 Å². The summed E-state index contributed by atoms with van der Waals surface area (Å²) >= 11 is 0. The summed E-state index contributed by atoms with van der Waals surface area (Å²) in [7, 11) is 0. The van der Waals surface area contributed by atoms with E-state index in [1.807, 2.05) is 0 Å². The van der Waals surface area contributed by atoms with Crippen LogP contribution in [0.5, 0.6) is 0 Å². The molecule has 0 N–H and O–H groups in total. The maximum atomic E-state index is 2.25. The first kappa shape index (κ1) is 23.1. The SMILES string of the molecule is CCCCC.CCCCCC.CCCCCCC. The topological polar surface area (TPSA) is 0 Å². The molecule has 0 saturated carbocycles. The van der Waals surface area contributed by atoms with Crippen LogP contribution in [0, 0.1) is 0 Å². The molecule has 0 bridgehead atoms. The molecule has 0 aliphatic rings. The number of unbranched alkanes of at least 4 members (excludes halogenated alkanes) is 9. The molecule has 0 aromatic carbocycles. The van der Waals surface area contributed by atoms with Crippen LogP contribution in [0.25, 0.3) is 0 Å². The second kappa shape index (κ2) is 30.2. The first-order valence-corrected chi connectivity index (χ1v) is 8.74. The maximum absolute atomic E-state index is 2.25. The van der Waals surface area contributed by atoms with Gasteiger partial charge in [0.15, 0.2) is 0 Å². The van der Waals surface area contributed by atoms with Gasteiger partial charge in [-0.05, 0) is 0 Å². The molecule has 0 radical (unpaired) electrons. The smallest absolute Gasteiger partial charge is 0.0533 e. The van der Waals surface area contributed by atoms with E-state index < -0.39 is 0 Å². The highest BCUT2D eigenvalue weighted by Crippen LogP contribution is 2.00. The number of hydrogen-bond acceptors (Lipinski definition) is 0. The van der Waals surface area contributed by atoms with Crippen molar-refractivity contribution in [2.75, 3.05) is 0 Å². The quantitative estimate of drug-likeness (QED) is 0.371.